The van der Waals surface area contributed by atoms with Crippen LogP contribution in [0.15, 0.2) is 65.5 Å². The highest BCUT2D eigenvalue weighted by Gasteiger charge is 2.06. The van der Waals surface area contributed by atoms with Gasteiger partial charge < -0.3 is 14.5 Å². The maximum absolute atomic E-state index is 12.1. The van der Waals surface area contributed by atoms with E-state index in [-0.39, 0.29) is 5.91 Å². The molecule has 0 fully saturated rings. The summed E-state index contributed by atoms with van der Waals surface area (Å²) in [5.41, 5.74) is 2.96. The molecule has 0 aliphatic carbocycles. The van der Waals surface area contributed by atoms with E-state index in [2.05, 4.69) is 17.2 Å². The Balaban J connectivity index is 1.45. The number of carbonyl (C=O) groups is 1. The van der Waals surface area contributed by atoms with Gasteiger partial charge in [-0.2, -0.15) is 0 Å². The number of carbonyl (C=O) groups excluding carboxylic acids is 1. The van der Waals surface area contributed by atoms with Gasteiger partial charge in [-0.1, -0.05) is 19.1 Å². The number of ether oxygens (including phenoxy) is 1. The van der Waals surface area contributed by atoms with Crippen molar-refractivity contribution in [1.82, 2.24) is 10.3 Å². The Hall–Kier alpha value is -3.08. The van der Waals surface area contributed by atoms with E-state index in [0.717, 1.165) is 41.2 Å². The van der Waals surface area contributed by atoms with E-state index in [0.29, 0.717) is 19.4 Å². The van der Waals surface area contributed by atoms with Crippen molar-refractivity contribution in [2.75, 3.05) is 6.61 Å². The zero-order chi connectivity index (χ0) is 18.9. The first-order valence-corrected chi connectivity index (χ1v) is 9.21. The van der Waals surface area contributed by atoms with E-state index in [1.54, 1.807) is 18.7 Å². The summed E-state index contributed by atoms with van der Waals surface area (Å²) in [6.07, 6.45) is 7.26. The third-order valence-electron chi connectivity index (χ3n) is 4.13. The lowest BCUT2D eigenvalue weighted by atomic mass is 10.1. The second-order valence-electron chi connectivity index (χ2n) is 6.33. The summed E-state index contributed by atoms with van der Waals surface area (Å²) in [4.78, 5) is 16.4. The first-order chi connectivity index (χ1) is 13.2. The first-order valence-electron chi connectivity index (χ1n) is 9.21. The van der Waals surface area contributed by atoms with Crippen molar-refractivity contribution < 1.29 is 13.9 Å². The van der Waals surface area contributed by atoms with Crippen LogP contribution < -0.4 is 10.1 Å². The van der Waals surface area contributed by atoms with Gasteiger partial charge in [0.15, 0.2) is 0 Å². The van der Waals surface area contributed by atoms with Crippen LogP contribution in [0, 0.1) is 0 Å². The molecule has 0 unspecified atom stereocenters. The van der Waals surface area contributed by atoms with Gasteiger partial charge in [-0.25, -0.2) is 0 Å². The fourth-order valence-electron chi connectivity index (χ4n) is 2.68. The van der Waals surface area contributed by atoms with Crippen molar-refractivity contribution in [3.05, 3.63) is 72.2 Å². The number of amides is 1. The molecule has 1 amide bonds. The normalized spacial score (nSPS) is 10.6. The molecule has 140 valence electrons. The third-order valence-corrected chi connectivity index (χ3v) is 4.13. The van der Waals surface area contributed by atoms with Gasteiger partial charge in [-0.3, -0.25) is 9.78 Å². The molecule has 5 nitrogen and oxygen atoms in total. The van der Waals surface area contributed by atoms with Gasteiger partial charge in [0, 0.05) is 30.9 Å². The Morgan fingerprint density at radius 1 is 1.15 bits per heavy atom. The predicted molar refractivity (Wildman–Crippen MR) is 104 cm³/mol. The molecular formula is C22H24N2O3. The fourth-order valence-corrected chi connectivity index (χ4v) is 2.68. The largest absolute Gasteiger partial charge is 0.494 e. The lowest BCUT2D eigenvalue weighted by Gasteiger charge is -2.08. The molecule has 27 heavy (non-hydrogen) atoms. The van der Waals surface area contributed by atoms with E-state index in [1.165, 1.54) is 0 Å². The molecule has 5 heteroatoms. The van der Waals surface area contributed by atoms with Crippen molar-refractivity contribution in [2.24, 2.45) is 0 Å². The number of pyridine rings is 1. The fraction of sp³-hybridized carbons (Fsp3) is 0.273. The Bertz CT molecular complexity index is 842. The predicted octanol–water partition coefficient (Wildman–Crippen LogP) is 4.38. The monoisotopic (exact) mass is 364 g/mol. The van der Waals surface area contributed by atoms with Gasteiger partial charge in [0.1, 0.15) is 11.5 Å². The number of aryl methyl sites for hydroxylation is 1. The molecule has 0 saturated heterocycles. The lowest BCUT2D eigenvalue weighted by Crippen LogP contribution is -2.23. The number of hydrogen-bond donors (Lipinski definition) is 1. The number of nitrogens with one attached hydrogen (secondary N) is 1. The van der Waals surface area contributed by atoms with Gasteiger partial charge in [0.2, 0.25) is 5.91 Å². The third kappa shape index (κ3) is 5.71. The molecule has 3 aromatic rings. The van der Waals surface area contributed by atoms with Crippen LogP contribution in [0.1, 0.15) is 30.9 Å². The van der Waals surface area contributed by atoms with Crippen LogP contribution >= 0.6 is 0 Å². The number of aromatic nitrogens is 1. The Morgan fingerprint density at radius 3 is 2.74 bits per heavy atom. The molecular weight excluding hydrogens is 340 g/mol. The molecule has 2 heterocycles. The van der Waals surface area contributed by atoms with E-state index in [4.69, 9.17) is 9.15 Å². The summed E-state index contributed by atoms with van der Waals surface area (Å²) in [7, 11) is 0. The Morgan fingerprint density at radius 2 is 2.00 bits per heavy atom. The van der Waals surface area contributed by atoms with Crippen molar-refractivity contribution in [1.29, 1.82) is 0 Å². The Labute approximate surface area is 159 Å². The van der Waals surface area contributed by atoms with Gasteiger partial charge >= 0.3 is 0 Å². The van der Waals surface area contributed by atoms with Crippen molar-refractivity contribution >= 4 is 5.91 Å². The molecule has 1 aromatic carbocycles. The standard InChI is InChI=1S/C22H24N2O3/c1-2-11-26-20-8-5-17(6-9-20)7-10-22(25)24-15-18-13-19(16-23-14-18)21-4-3-12-27-21/h3-6,8-9,12-14,16H,2,7,10-11,15H2,1H3,(H,24,25). The molecule has 0 aliphatic heterocycles. The highest BCUT2D eigenvalue weighted by Crippen LogP contribution is 2.19. The van der Waals surface area contributed by atoms with Gasteiger partial charge in [0.05, 0.1) is 12.9 Å². The summed E-state index contributed by atoms with van der Waals surface area (Å²) in [5.74, 6) is 1.65. The number of hydrogen-bond acceptors (Lipinski definition) is 4. The van der Waals surface area contributed by atoms with E-state index >= 15 is 0 Å². The van der Waals surface area contributed by atoms with Crippen LogP contribution in [0.4, 0.5) is 0 Å². The number of benzene rings is 1. The maximum Gasteiger partial charge on any atom is 0.220 e. The maximum atomic E-state index is 12.1. The molecule has 0 saturated carbocycles. The molecule has 0 bridgehead atoms. The number of rotatable bonds is 9. The minimum absolute atomic E-state index is 0.0183. The number of nitrogens with zero attached hydrogens (tertiary/aromatic N) is 1. The second kappa shape index (κ2) is 9.57. The van der Waals surface area contributed by atoms with Crippen LogP contribution in [0.2, 0.25) is 0 Å². The van der Waals surface area contributed by atoms with E-state index < -0.39 is 0 Å². The molecule has 2 aromatic heterocycles. The van der Waals surface area contributed by atoms with Gasteiger partial charge in [-0.05, 0) is 54.3 Å². The summed E-state index contributed by atoms with van der Waals surface area (Å²) in [5, 5.41) is 2.95. The minimum atomic E-state index is 0.0183. The van der Waals surface area contributed by atoms with Crippen molar-refractivity contribution in [3.63, 3.8) is 0 Å². The number of furan rings is 1. The molecule has 0 aliphatic rings. The SMILES string of the molecule is CCCOc1ccc(CCC(=O)NCc2cncc(-c3ccco3)c2)cc1. The van der Waals surface area contributed by atoms with Crippen LogP contribution in [-0.2, 0) is 17.8 Å². The highest BCUT2D eigenvalue weighted by molar-refractivity contribution is 5.76. The zero-order valence-electron chi connectivity index (χ0n) is 15.5. The summed E-state index contributed by atoms with van der Waals surface area (Å²) < 4.78 is 10.9. The molecule has 1 N–H and O–H groups in total. The zero-order valence-corrected chi connectivity index (χ0v) is 15.5. The second-order valence-corrected chi connectivity index (χ2v) is 6.33. The van der Waals surface area contributed by atoms with Crippen LogP contribution in [0.3, 0.4) is 0 Å². The van der Waals surface area contributed by atoms with E-state index in [1.807, 2.05) is 42.5 Å². The van der Waals surface area contributed by atoms with E-state index in [9.17, 15) is 4.79 Å². The summed E-state index contributed by atoms with van der Waals surface area (Å²) >= 11 is 0. The van der Waals surface area contributed by atoms with Crippen molar-refractivity contribution in [2.45, 2.75) is 32.7 Å². The average Bonchev–Trinajstić information content (AvgIpc) is 3.25. The summed E-state index contributed by atoms with van der Waals surface area (Å²) in [6, 6.07) is 13.6. The smallest absolute Gasteiger partial charge is 0.220 e. The topological polar surface area (TPSA) is 64.4 Å². The Kier molecular flexibility index (Phi) is 6.63. The van der Waals surface area contributed by atoms with Crippen molar-refractivity contribution in [3.8, 4) is 17.1 Å². The van der Waals surface area contributed by atoms with Gasteiger partial charge in [0.25, 0.3) is 0 Å². The first kappa shape index (κ1) is 18.7. The lowest BCUT2D eigenvalue weighted by molar-refractivity contribution is -0.121. The van der Waals surface area contributed by atoms with Gasteiger partial charge in [-0.15, -0.1) is 0 Å². The molecule has 0 radical (unpaired) electrons. The van der Waals surface area contributed by atoms with Crippen LogP contribution in [0.5, 0.6) is 5.75 Å². The molecule has 0 atom stereocenters. The quantitative estimate of drug-likeness (QED) is 0.612. The van der Waals surface area contributed by atoms with Crippen LogP contribution in [0.25, 0.3) is 11.3 Å². The molecule has 3 rings (SSSR count). The summed E-state index contributed by atoms with van der Waals surface area (Å²) in [6.45, 7) is 3.25. The molecule has 0 spiro atoms. The average molecular weight is 364 g/mol. The minimum Gasteiger partial charge on any atom is -0.494 e. The van der Waals surface area contributed by atoms with Crippen LogP contribution in [-0.4, -0.2) is 17.5 Å². The highest BCUT2D eigenvalue weighted by atomic mass is 16.5.